The molecular weight excluding hydrogens is 218 g/mol. The number of ether oxygens (including phenoxy) is 2. The van der Waals surface area contributed by atoms with Gasteiger partial charge in [-0.2, -0.15) is 0 Å². The molecule has 0 spiro atoms. The quantitative estimate of drug-likeness (QED) is 0.488. The van der Waals surface area contributed by atoms with Crippen LogP contribution in [0.3, 0.4) is 0 Å². The first-order chi connectivity index (χ1) is 6.18. The summed E-state index contributed by atoms with van der Waals surface area (Å²) in [5.41, 5.74) is 0. The monoisotopic (exact) mass is 227 g/mol. The molecule has 82 valence electrons. The summed E-state index contributed by atoms with van der Waals surface area (Å²) in [4.78, 5) is 14.4. The van der Waals surface area contributed by atoms with E-state index in [0.29, 0.717) is 0 Å². The molecule has 2 aliphatic rings. The van der Waals surface area contributed by atoms with Gasteiger partial charge in [-0.05, 0) is 0 Å². The lowest BCUT2D eigenvalue weighted by Gasteiger charge is -2.12. The molecular formula is C6H10ClNO6. The minimum absolute atomic E-state index is 0. The lowest BCUT2D eigenvalue weighted by atomic mass is 10.1. The van der Waals surface area contributed by atoms with E-state index in [2.05, 4.69) is 4.84 Å². The summed E-state index contributed by atoms with van der Waals surface area (Å²) in [6.07, 6.45) is -2.41. The van der Waals surface area contributed by atoms with Crippen LogP contribution in [0.5, 0.6) is 0 Å². The molecule has 0 aliphatic carbocycles. The molecule has 2 rings (SSSR count). The molecule has 2 fully saturated rings. The minimum atomic E-state index is -0.871. The van der Waals surface area contributed by atoms with Crippen LogP contribution in [0.25, 0.3) is 0 Å². The van der Waals surface area contributed by atoms with Gasteiger partial charge in [-0.25, -0.2) is 0 Å². The Labute approximate surface area is 85.4 Å². The summed E-state index contributed by atoms with van der Waals surface area (Å²) in [5.74, 6) is 0. The van der Waals surface area contributed by atoms with Gasteiger partial charge in [-0.15, -0.1) is 22.5 Å². The fourth-order valence-electron chi connectivity index (χ4n) is 1.64. The van der Waals surface area contributed by atoms with Crippen molar-refractivity contribution in [3.63, 3.8) is 0 Å². The summed E-state index contributed by atoms with van der Waals surface area (Å²) in [7, 11) is 0. The zero-order valence-corrected chi connectivity index (χ0v) is 7.88. The molecule has 0 unspecified atom stereocenters. The highest BCUT2D eigenvalue weighted by Crippen LogP contribution is 2.28. The van der Waals surface area contributed by atoms with Crippen molar-refractivity contribution < 1.29 is 24.5 Å². The first-order valence-corrected chi connectivity index (χ1v) is 3.91. The van der Waals surface area contributed by atoms with Gasteiger partial charge in [0.05, 0.1) is 13.2 Å². The van der Waals surface area contributed by atoms with Crippen molar-refractivity contribution in [2.45, 2.75) is 24.4 Å². The molecule has 1 N–H and O–H groups in total. The Morgan fingerprint density at radius 2 is 2.00 bits per heavy atom. The number of aliphatic hydroxyl groups is 1. The van der Waals surface area contributed by atoms with Crippen molar-refractivity contribution in [1.82, 2.24) is 0 Å². The molecule has 8 heteroatoms. The number of nitrogens with zero attached hydrogens (tertiary/aromatic N) is 1. The van der Waals surface area contributed by atoms with Crippen LogP contribution >= 0.6 is 12.4 Å². The first kappa shape index (κ1) is 11.4. The Bertz CT molecular complexity index is 226. The van der Waals surface area contributed by atoms with Crippen LogP contribution in [0.1, 0.15) is 0 Å². The Morgan fingerprint density at radius 3 is 2.64 bits per heavy atom. The average Bonchev–Trinajstić information content (AvgIpc) is 2.56. The van der Waals surface area contributed by atoms with Gasteiger partial charge in [0.25, 0.3) is 5.09 Å². The molecule has 4 atom stereocenters. The SMILES string of the molecule is Cl.O=[N+]([O-])O[C@H]1CO[C@H]2[C@@H]1OC[C@H]2O. The smallest absolute Gasteiger partial charge is 0.294 e. The van der Waals surface area contributed by atoms with E-state index in [9.17, 15) is 15.2 Å². The largest absolute Gasteiger partial charge is 0.388 e. The van der Waals surface area contributed by atoms with E-state index < -0.39 is 29.5 Å². The second-order valence-electron chi connectivity index (χ2n) is 3.03. The highest BCUT2D eigenvalue weighted by Gasteiger charge is 2.48. The molecule has 2 saturated heterocycles. The van der Waals surface area contributed by atoms with Crippen molar-refractivity contribution >= 4 is 12.4 Å². The van der Waals surface area contributed by atoms with E-state index in [4.69, 9.17) is 9.47 Å². The maximum atomic E-state index is 10.0. The average molecular weight is 228 g/mol. The lowest BCUT2D eigenvalue weighted by molar-refractivity contribution is -0.769. The zero-order chi connectivity index (χ0) is 9.42. The van der Waals surface area contributed by atoms with Gasteiger partial charge in [0.2, 0.25) is 0 Å². The van der Waals surface area contributed by atoms with Crippen LogP contribution in [0.2, 0.25) is 0 Å². The van der Waals surface area contributed by atoms with E-state index in [-0.39, 0.29) is 25.6 Å². The second kappa shape index (κ2) is 4.26. The fraction of sp³-hybridized carbons (Fsp3) is 1.00. The van der Waals surface area contributed by atoms with Crippen molar-refractivity contribution in [3.8, 4) is 0 Å². The molecule has 0 saturated carbocycles. The Morgan fingerprint density at radius 1 is 1.36 bits per heavy atom. The summed E-state index contributed by atoms with van der Waals surface area (Å²) in [6.45, 7) is 0.236. The third-order valence-electron chi connectivity index (χ3n) is 2.20. The minimum Gasteiger partial charge on any atom is -0.388 e. The summed E-state index contributed by atoms with van der Waals surface area (Å²) in [6, 6.07) is 0. The maximum Gasteiger partial charge on any atom is 0.294 e. The van der Waals surface area contributed by atoms with E-state index in [0.717, 1.165) is 0 Å². The molecule has 0 aromatic heterocycles. The molecule has 2 heterocycles. The van der Waals surface area contributed by atoms with E-state index >= 15 is 0 Å². The Balaban J connectivity index is 0.000000980. The highest BCUT2D eigenvalue weighted by atomic mass is 35.5. The summed E-state index contributed by atoms with van der Waals surface area (Å²) < 4.78 is 10.2. The van der Waals surface area contributed by atoms with Crippen LogP contribution in [0, 0.1) is 10.1 Å². The van der Waals surface area contributed by atoms with Crippen LogP contribution in [-0.2, 0) is 14.3 Å². The molecule has 0 radical (unpaired) electrons. The van der Waals surface area contributed by atoms with E-state index in [1.807, 2.05) is 0 Å². The van der Waals surface area contributed by atoms with Crippen LogP contribution in [0.15, 0.2) is 0 Å². The normalized spacial score (nSPS) is 40.1. The molecule has 0 bridgehead atoms. The van der Waals surface area contributed by atoms with Gasteiger partial charge >= 0.3 is 0 Å². The summed E-state index contributed by atoms with van der Waals surface area (Å²) >= 11 is 0. The van der Waals surface area contributed by atoms with E-state index in [1.54, 1.807) is 0 Å². The third-order valence-corrected chi connectivity index (χ3v) is 2.20. The van der Waals surface area contributed by atoms with Gasteiger partial charge in [0.1, 0.15) is 18.3 Å². The third kappa shape index (κ3) is 1.90. The molecule has 0 aromatic rings. The van der Waals surface area contributed by atoms with Crippen LogP contribution in [0.4, 0.5) is 0 Å². The van der Waals surface area contributed by atoms with Crippen LogP contribution < -0.4 is 0 Å². The topological polar surface area (TPSA) is 91.1 Å². The van der Waals surface area contributed by atoms with Crippen molar-refractivity contribution in [2.75, 3.05) is 13.2 Å². The van der Waals surface area contributed by atoms with Gasteiger partial charge in [0, 0.05) is 0 Å². The predicted molar refractivity (Wildman–Crippen MR) is 44.6 cm³/mol. The van der Waals surface area contributed by atoms with Crippen molar-refractivity contribution in [1.29, 1.82) is 0 Å². The second-order valence-corrected chi connectivity index (χ2v) is 3.03. The van der Waals surface area contributed by atoms with Gasteiger partial charge in [-0.1, -0.05) is 0 Å². The maximum absolute atomic E-state index is 10.0. The lowest BCUT2D eigenvalue weighted by Crippen LogP contribution is -2.33. The van der Waals surface area contributed by atoms with Crippen molar-refractivity contribution in [3.05, 3.63) is 10.1 Å². The van der Waals surface area contributed by atoms with Crippen LogP contribution in [-0.4, -0.2) is 47.8 Å². The molecule has 14 heavy (non-hydrogen) atoms. The Kier molecular flexibility index (Phi) is 3.48. The molecule has 2 aliphatic heterocycles. The highest BCUT2D eigenvalue weighted by molar-refractivity contribution is 5.85. The number of fused-ring (bicyclic) bond motifs is 1. The molecule has 0 amide bonds. The zero-order valence-electron chi connectivity index (χ0n) is 7.07. The van der Waals surface area contributed by atoms with Gasteiger partial charge in [0.15, 0.2) is 6.10 Å². The standard InChI is InChI=1S/C6H9NO6.ClH/c8-3-1-11-6-4(13-7(9)10)2-12-5(3)6;/h3-6,8H,1-2H2;1H/t3-,4+,5-,6-;/m1./s1. The van der Waals surface area contributed by atoms with Gasteiger partial charge < -0.3 is 19.4 Å². The summed E-state index contributed by atoms with van der Waals surface area (Å²) in [5, 5.41) is 18.4. The molecule has 0 aromatic carbocycles. The number of halogens is 1. The molecule has 7 nitrogen and oxygen atoms in total. The Hall–Kier alpha value is -0.630. The van der Waals surface area contributed by atoms with Crippen molar-refractivity contribution in [2.24, 2.45) is 0 Å². The van der Waals surface area contributed by atoms with Gasteiger partial charge in [-0.3, -0.25) is 0 Å². The number of hydrogen-bond donors (Lipinski definition) is 1. The number of hydrogen-bond acceptors (Lipinski definition) is 6. The number of aliphatic hydroxyl groups excluding tert-OH is 1. The van der Waals surface area contributed by atoms with E-state index in [1.165, 1.54) is 0 Å². The first-order valence-electron chi connectivity index (χ1n) is 3.91. The number of rotatable bonds is 2. The fourth-order valence-corrected chi connectivity index (χ4v) is 1.64. The predicted octanol–water partition coefficient (Wildman–Crippen LogP) is -0.856.